The fraction of sp³-hybridized carbons (Fsp3) is 0.775. The molecule has 2 saturated heterocycles. The standard InChI is InChI=1S/C40H60BFN4O8S/c1-8-13-33(41-53-32-19-26-18-31(38(26,5)6)39(32,7)54-41)43-34(47)30-20-27(52-36(49)45-21-25-14-12-15-29(42)28(25)23-45)22-46(30)35(48)44-40(16-10-9-11-17-40)24-55(50,51)37(2,3)4/h12,14-15,26-27,30-33H,8-11,13,16-24H2,1-7H3,(H,43,47)(H,44,48)/t26-,27+,30-,31-,32+,33-,39-/m0/s1. The number of carbonyl (C=O) groups is 3. The summed E-state index contributed by atoms with van der Waals surface area (Å²) in [4.78, 5) is 45.2. The van der Waals surface area contributed by atoms with E-state index in [1.165, 1.54) is 15.9 Å². The van der Waals surface area contributed by atoms with Gasteiger partial charge >= 0.3 is 19.2 Å². The molecule has 0 spiro atoms. The van der Waals surface area contributed by atoms with Gasteiger partial charge in [0.25, 0.3) is 0 Å². The van der Waals surface area contributed by atoms with E-state index in [1.807, 2.05) is 6.92 Å². The second-order valence-corrected chi connectivity index (χ2v) is 21.8. The van der Waals surface area contributed by atoms with Crippen molar-refractivity contribution in [2.24, 2.45) is 17.3 Å². The quantitative estimate of drug-likeness (QED) is 0.295. The van der Waals surface area contributed by atoms with E-state index in [-0.39, 0.29) is 49.1 Å². The second-order valence-electron chi connectivity index (χ2n) is 19.0. The number of halogens is 1. The third kappa shape index (κ3) is 7.39. The summed E-state index contributed by atoms with van der Waals surface area (Å²) >= 11 is 0. The first kappa shape index (κ1) is 40.3. The minimum Gasteiger partial charge on any atom is -0.444 e. The monoisotopic (exact) mass is 786 g/mol. The zero-order chi connectivity index (χ0) is 39.7. The number of likely N-dealkylation sites (tertiary alicyclic amines) is 1. The molecule has 8 rings (SSSR count). The van der Waals surface area contributed by atoms with Crippen LogP contribution in [-0.4, -0.2) is 95.7 Å². The van der Waals surface area contributed by atoms with Crippen LogP contribution in [0.1, 0.15) is 124 Å². The zero-order valence-corrected chi connectivity index (χ0v) is 34.4. The number of nitrogens with one attached hydrogen (secondary N) is 2. The van der Waals surface area contributed by atoms with Gasteiger partial charge in [-0.2, -0.15) is 0 Å². The molecular formula is C40H60BFN4O8S. The first-order chi connectivity index (χ1) is 25.8. The van der Waals surface area contributed by atoms with Gasteiger partial charge in [0.15, 0.2) is 9.84 Å². The number of hydrogen-bond donors (Lipinski definition) is 2. The van der Waals surface area contributed by atoms with Crippen LogP contribution in [0.3, 0.4) is 0 Å². The Morgan fingerprint density at radius 3 is 2.45 bits per heavy atom. The molecule has 0 unspecified atom stereocenters. The molecule has 12 nitrogen and oxygen atoms in total. The Morgan fingerprint density at radius 1 is 1.07 bits per heavy atom. The number of ether oxygens (including phenoxy) is 1. The molecule has 1 aromatic rings. The van der Waals surface area contributed by atoms with Crippen molar-refractivity contribution in [3.63, 3.8) is 0 Å². The summed E-state index contributed by atoms with van der Waals surface area (Å²) < 4.78 is 59.9. The van der Waals surface area contributed by atoms with Crippen LogP contribution in [0.2, 0.25) is 0 Å². The fourth-order valence-corrected chi connectivity index (χ4v) is 12.0. The number of nitrogens with zero attached hydrogens (tertiary/aromatic N) is 2. The van der Waals surface area contributed by atoms with Gasteiger partial charge in [-0.3, -0.25) is 9.69 Å². The molecule has 3 heterocycles. The van der Waals surface area contributed by atoms with E-state index in [4.69, 9.17) is 14.0 Å². The topological polar surface area (TPSA) is 144 Å². The van der Waals surface area contributed by atoms with Gasteiger partial charge in [0.2, 0.25) is 5.91 Å². The van der Waals surface area contributed by atoms with E-state index in [2.05, 4.69) is 31.4 Å². The highest BCUT2D eigenvalue weighted by molar-refractivity contribution is 7.92. The van der Waals surface area contributed by atoms with E-state index >= 15 is 0 Å². The van der Waals surface area contributed by atoms with Crippen LogP contribution in [0.25, 0.3) is 0 Å². The summed E-state index contributed by atoms with van der Waals surface area (Å²) in [7, 11) is -4.27. The van der Waals surface area contributed by atoms with E-state index in [0.29, 0.717) is 42.2 Å². The van der Waals surface area contributed by atoms with Gasteiger partial charge in [-0.15, -0.1) is 0 Å². The molecule has 4 saturated carbocycles. The lowest BCUT2D eigenvalue weighted by molar-refractivity contribution is -0.199. The molecule has 55 heavy (non-hydrogen) atoms. The minimum atomic E-state index is -3.61. The predicted molar refractivity (Wildman–Crippen MR) is 206 cm³/mol. The normalized spacial score (nSPS) is 31.3. The molecule has 304 valence electrons. The van der Waals surface area contributed by atoms with Gasteiger partial charge in [-0.1, -0.05) is 58.6 Å². The first-order valence-electron chi connectivity index (χ1n) is 20.4. The largest absolute Gasteiger partial charge is 0.481 e. The number of fused-ring (bicyclic) bond motifs is 1. The van der Waals surface area contributed by atoms with Crippen molar-refractivity contribution >= 4 is 35.0 Å². The number of sulfone groups is 1. The molecule has 2 N–H and O–H groups in total. The van der Waals surface area contributed by atoms with E-state index in [0.717, 1.165) is 38.5 Å². The van der Waals surface area contributed by atoms with Gasteiger partial charge in [0, 0.05) is 18.5 Å². The van der Waals surface area contributed by atoms with Crippen LogP contribution in [0.15, 0.2) is 18.2 Å². The molecule has 4 aliphatic carbocycles. The van der Waals surface area contributed by atoms with E-state index in [1.54, 1.807) is 32.9 Å². The average molecular weight is 787 g/mol. The number of amides is 4. The maximum Gasteiger partial charge on any atom is 0.481 e. The Bertz CT molecular complexity index is 1780. The summed E-state index contributed by atoms with van der Waals surface area (Å²) in [5.74, 6) is -0.569. The van der Waals surface area contributed by atoms with Crippen molar-refractivity contribution < 1.29 is 41.2 Å². The summed E-state index contributed by atoms with van der Waals surface area (Å²) in [6, 6.07) is 3.16. The maximum atomic E-state index is 14.5. The zero-order valence-electron chi connectivity index (χ0n) is 33.6. The Kier molecular flexibility index (Phi) is 10.6. The fourth-order valence-electron chi connectivity index (χ4n) is 10.4. The van der Waals surface area contributed by atoms with E-state index < -0.39 is 69.0 Å². The van der Waals surface area contributed by atoms with Crippen LogP contribution in [0, 0.1) is 23.1 Å². The van der Waals surface area contributed by atoms with Crippen molar-refractivity contribution in [2.75, 3.05) is 12.3 Å². The van der Waals surface area contributed by atoms with Crippen LogP contribution < -0.4 is 10.6 Å². The number of rotatable bonds is 9. The molecule has 15 heteroatoms. The summed E-state index contributed by atoms with van der Waals surface area (Å²) in [5.41, 5.74) is -0.153. The molecule has 0 radical (unpaired) electrons. The first-order valence-corrected chi connectivity index (χ1v) is 22.1. The van der Waals surface area contributed by atoms with Gasteiger partial charge < -0.3 is 29.6 Å². The lowest BCUT2D eigenvalue weighted by Gasteiger charge is -2.64. The van der Waals surface area contributed by atoms with Crippen molar-refractivity contribution in [3.05, 3.63) is 35.1 Å². The van der Waals surface area contributed by atoms with Gasteiger partial charge in [-0.25, -0.2) is 22.4 Å². The molecule has 1 aromatic carbocycles. The van der Waals surface area contributed by atoms with Crippen LogP contribution in [-0.2, 0) is 41.8 Å². The smallest absolute Gasteiger partial charge is 0.444 e. The van der Waals surface area contributed by atoms with Crippen LogP contribution >= 0.6 is 0 Å². The summed E-state index contributed by atoms with van der Waals surface area (Å²) in [6.07, 6.45) is 5.31. The Labute approximate surface area is 326 Å². The molecule has 3 aliphatic heterocycles. The molecular weight excluding hydrogens is 726 g/mol. The van der Waals surface area contributed by atoms with Crippen molar-refractivity contribution in [1.29, 1.82) is 0 Å². The molecule has 4 amide bonds. The van der Waals surface area contributed by atoms with Crippen LogP contribution in [0.4, 0.5) is 14.0 Å². The highest BCUT2D eigenvalue weighted by Gasteiger charge is 2.68. The number of benzene rings is 1. The lowest BCUT2D eigenvalue weighted by Crippen LogP contribution is -2.65. The molecule has 2 bridgehead atoms. The summed E-state index contributed by atoms with van der Waals surface area (Å²) in [6.45, 7) is 13.9. The highest BCUT2D eigenvalue weighted by Crippen LogP contribution is 2.65. The summed E-state index contributed by atoms with van der Waals surface area (Å²) in [5, 5.41) is 6.29. The highest BCUT2D eigenvalue weighted by atomic mass is 32.2. The third-order valence-electron chi connectivity index (χ3n) is 14.1. The SMILES string of the molecule is CCC[C@H](NC(=O)[C@@H]1C[C@@H](OC(=O)N2Cc3cccc(F)c3C2)CN1C(=O)NC1(CS(=O)(=O)C(C)(C)C)CCCCC1)B1O[C@@H]2C[C@@H]3C[C@@H](C3(C)C)[C@]2(C)O1. The lowest BCUT2D eigenvalue weighted by atomic mass is 9.43. The Morgan fingerprint density at radius 2 is 1.80 bits per heavy atom. The van der Waals surface area contributed by atoms with Gasteiger partial charge in [-0.05, 0) is 88.7 Å². The second kappa shape index (κ2) is 14.5. The van der Waals surface area contributed by atoms with Crippen molar-refractivity contribution in [2.45, 2.75) is 166 Å². The van der Waals surface area contributed by atoms with E-state index in [9.17, 15) is 27.2 Å². The number of hydrogen-bond acceptors (Lipinski definition) is 8. The van der Waals surface area contributed by atoms with Gasteiger partial charge in [0.05, 0.1) is 46.8 Å². The minimum absolute atomic E-state index is 0.0386. The molecule has 0 aromatic heterocycles. The predicted octanol–water partition coefficient (Wildman–Crippen LogP) is 5.90. The van der Waals surface area contributed by atoms with Crippen molar-refractivity contribution in [3.8, 4) is 0 Å². The van der Waals surface area contributed by atoms with Crippen molar-refractivity contribution in [1.82, 2.24) is 20.4 Å². The van der Waals surface area contributed by atoms with Crippen LogP contribution in [0.5, 0.6) is 0 Å². The number of urea groups is 1. The maximum absolute atomic E-state index is 14.5. The molecule has 6 fully saturated rings. The molecule has 7 aliphatic rings. The Balaban J connectivity index is 1.10. The third-order valence-corrected chi connectivity index (χ3v) is 16.9. The number of carbonyl (C=O) groups excluding carboxylic acids is 3. The Hall–Kier alpha value is -2.91. The van der Waals surface area contributed by atoms with Gasteiger partial charge in [0.1, 0.15) is 18.0 Å². The molecule has 7 atom stereocenters. The average Bonchev–Trinajstić information content (AvgIpc) is 3.83.